The zero-order valence-electron chi connectivity index (χ0n) is 9.60. The lowest BCUT2D eigenvalue weighted by Crippen LogP contribution is -2.10. The lowest BCUT2D eigenvalue weighted by atomic mass is 10.0. The van der Waals surface area contributed by atoms with Gasteiger partial charge in [-0.1, -0.05) is 26.0 Å². The molecule has 3 heteroatoms. The van der Waals surface area contributed by atoms with E-state index in [0.29, 0.717) is 5.92 Å². The Balaban J connectivity index is 1.94. The molecule has 1 aromatic carbocycles. The molecule has 2 atom stereocenters. The summed E-state index contributed by atoms with van der Waals surface area (Å²) in [6.45, 7) is 4.31. The van der Waals surface area contributed by atoms with Crippen molar-refractivity contribution >= 4 is 11.7 Å². The molecular weight excluding hydrogens is 202 g/mol. The Morgan fingerprint density at radius 1 is 1.38 bits per heavy atom. The highest BCUT2D eigenvalue weighted by molar-refractivity contribution is 5.75. The third-order valence-electron chi connectivity index (χ3n) is 3.04. The van der Waals surface area contributed by atoms with Crippen LogP contribution in [-0.4, -0.2) is 17.1 Å². The molecule has 2 N–H and O–H groups in total. The Morgan fingerprint density at radius 2 is 2.00 bits per heavy atom. The minimum absolute atomic E-state index is 0.113. The highest BCUT2D eigenvalue weighted by Crippen LogP contribution is 2.33. The van der Waals surface area contributed by atoms with Crippen LogP contribution in [0.2, 0.25) is 0 Å². The summed E-state index contributed by atoms with van der Waals surface area (Å²) in [7, 11) is 0. The summed E-state index contributed by atoms with van der Waals surface area (Å²) in [5, 5.41) is 12.0. The Kier molecular flexibility index (Phi) is 2.86. The van der Waals surface area contributed by atoms with Crippen molar-refractivity contribution in [1.82, 2.24) is 0 Å². The predicted molar refractivity (Wildman–Crippen MR) is 63.7 cm³/mol. The van der Waals surface area contributed by atoms with E-state index in [-0.39, 0.29) is 12.0 Å². The van der Waals surface area contributed by atoms with E-state index >= 15 is 0 Å². The molecule has 0 spiro atoms. The van der Waals surface area contributed by atoms with Crippen LogP contribution in [0.4, 0.5) is 5.69 Å². The first kappa shape index (κ1) is 11.0. The Bertz CT molecular complexity index is 383. The molecule has 1 aliphatic rings. The number of nitrogens with one attached hydrogen (secondary N) is 1. The van der Waals surface area contributed by atoms with E-state index in [2.05, 4.69) is 31.3 Å². The number of hydrogen-bond donors (Lipinski definition) is 2. The Hall–Kier alpha value is -1.51. The van der Waals surface area contributed by atoms with Crippen molar-refractivity contribution in [2.45, 2.75) is 32.2 Å². The van der Waals surface area contributed by atoms with E-state index in [9.17, 15) is 4.79 Å². The lowest BCUT2D eigenvalue weighted by molar-refractivity contribution is -0.138. The normalized spacial score (nSPS) is 23.2. The third kappa shape index (κ3) is 2.35. The number of benzene rings is 1. The SMILES string of the molecule is CC(C)c1ccc(NC2CC2C(=O)O)cc1. The molecule has 2 unspecified atom stereocenters. The maximum absolute atomic E-state index is 10.7. The van der Waals surface area contributed by atoms with Crippen LogP contribution in [0.3, 0.4) is 0 Å². The van der Waals surface area contributed by atoms with Crippen LogP contribution in [0.1, 0.15) is 31.7 Å². The van der Waals surface area contributed by atoms with Gasteiger partial charge in [-0.15, -0.1) is 0 Å². The van der Waals surface area contributed by atoms with Crippen LogP contribution >= 0.6 is 0 Å². The maximum Gasteiger partial charge on any atom is 0.308 e. The van der Waals surface area contributed by atoms with Gasteiger partial charge in [0.2, 0.25) is 0 Å². The monoisotopic (exact) mass is 219 g/mol. The van der Waals surface area contributed by atoms with Crippen molar-refractivity contribution in [3.8, 4) is 0 Å². The Morgan fingerprint density at radius 3 is 2.44 bits per heavy atom. The Labute approximate surface area is 95.5 Å². The van der Waals surface area contributed by atoms with Crippen LogP contribution in [0.25, 0.3) is 0 Å². The molecule has 0 heterocycles. The summed E-state index contributed by atoms with van der Waals surface area (Å²) in [5.74, 6) is -0.372. The number of aliphatic carboxylic acids is 1. The summed E-state index contributed by atoms with van der Waals surface area (Å²) < 4.78 is 0. The van der Waals surface area contributed by atoms with Crippen LogP contribution in [0.5, 0.6) is 0 Å². The fourth-order valence-corrected chi connectivity index (χ4v) is 1.81. The van der Waals surface area contributed by atoms with Gasteiger partial charge in [0, 0.05) is 11.7 Å². The minimum Gasteiger partial charge on any atom is -0.481 e. The molecule has 0 bridgehead atoms. The van der Waals surface area contributed by atoms with E-state index < -0.39 is 5.97 Å². The average Bonchev–Trinajstić information content (AvgIpc) is 2.98. The standard InChI is InChI=1S/C13H17NO2/c1-8(2)9-3-5-10(6-4-9)14-12-7-11(12)13(15)16/h3-6,8,11-12,14H,7H2,1-2H3,(H,15,16). The number of carbonyl (C=O) groups is 1. The summed E-state index contributed by atoms with van der Waals surface area (Å²) in [5.41, 5.74) is 2.31. The van der Waals surface area contributed by atoms with Gasteiger partial charge in [0.05, 0.1) is 5.92 Å². The zero-order valence-corrected chi connectivity index (χ0v) is 9.60. The van der Waals surface area contributed by atoms with Crippen molar-refractivity contribution in [2.24, 2.45) is 5.92 Å². The molecule has 3 nitrogen and oxygen atoms in total. The lowest BCUT2D eigenvalue weighted by Gasteiger charge is -2.08. The number of carboxylic acids is 1. The highest BCUT2D eigenvalue weighted by Gasteiger charge is 2.43. The quantitative estimate of drug-likeness (QED) is 0.818. The van der Waals surface area contributed by atoms with Gasteiger partial charge in [-0.2, -0.15) is 0 Å². The van der Waals surface area contributed by atoms with Crippen molar-refractivity contribution in [3.05, 3.63) is 29.8 Å². The van der Waals surface area contributed by atoms with Crippen molar-refractivity contribution in [3.63, 3.8) is 0 Å². The number of anilines is 1. The second-order valence-electron chi connectivity index (χ2n) is 4.71. The third-order valence-corrected chi connectivity index (χ3v) is 3.04. The van der Waals surface area contributed by atoms with E-state index in [1.165, 1.54) is 5.56 Å². The number of carboxylic acid groups (broad SMARTS) is 1. The topological polar surface area (TPSA) is 49.3 Å². The average molecular weight is 219 g/mol. The van der Waals surface area contributed by atoms with Crippen molar-refractivity contribution in [1.29, 1.82) is 0 Å². The van der Waals surface area contributed by atoms with Gasteiger partial charge in [0.25, 0.3) is 0 Å². The van der Waals surface area contributed by atoms with Gasteiger partial charge < -0.3 is 10.4 Å². The first-order valence-corrected chi connectivity index (χ1v) is 5.67. The molecule has 0 aromatic heterocycles. The minimum atomic E-state index is -0.698. The second-order valence-corrected chi connectivity index (χ2v) is 4.71. The molecule has 2 rings (SSSR count). The van der Waals surface area contributed by atoms with E-state index in [0.717, 1.165) is 12.1 Å². The second kappa shape index (κ2) is 4.16. The summed E-state index contributed by atoms with van der Waals surface area (Å²) >= 11 is 0. The number of hydrogen-bond acceptors (Lipinski definition) is 2. The van der Waals surface area contributed by atoms with Gasteiger partial charge in [0.15, 0.2) is 0 Å². The molecule has 1 fully saturated rings. The van der Waals surface area contributed by atoms with Gasteiger partial charge in [-0.05, 0) is 30.0 Å². The van der Waals surface area contributed by atoms with E-state index in [1.807, 2.05) is 12.1 Å². The predicted octanol–water partition coefficient (Wildman–Crippen LogP) is 2.70. The molecule has 1 saturated carbocycles. The van der Waals surface area contributed by atoms with Gasteiger partial charge in [-0.3, -0.25) is 4.79 Å². The molecule has 1 aromatic rings. The van der Waals surface area contributed by atoms with Crippen LogP contribution in [0.15, 0.2) is 24.3 Å². The van der Waals surface area contributed by atoms with Crippen molar-refractivity contribution < 1.29 is 9.90 Å². The first-order chi connectivity index (χ1) is 7.58. The van der Waals surface area contributed by atoms with Crippen LogP contribution in [-0.2, 0) is 4.79 Å². The maximum atomic E-state index is 10.7. The molecule has 86 valence electrons. The fraction of sp³-hybridized carbons (Fsp3) is 0.462. The van der Waals surface area contributed by atoms with Crippen LogP contribution < -0.4 is 5.32 Å². The van der Waals surface area contributed by atoms with Gasteiger partial charge >= 0.3 is 5.97 Å². The molecule has 0 saturated heterocycles. The van der Waals surface area contributed by atoms with Gasteiger partial charge in [0.1, 0.15) is 0 Å². The fourth-order valence-electron chi connectivity index (χ4n) is 1.81. The molecule has 16 heavy (non-hydrogen) atoms. The first-order valence-electron chi connectivity index (χ1n) is 5.67. The highest BCUT2D eigenvalue weighted by atomic mass is 16.4. The molecule has 1 aliphatic carbocycles. The zero-order chi connectivity index (χ0) is 11.7. The van der Waals surface area contributed by atoms with Crippen LogP contribution in [0, 0.1) is 5.92 Å². The van der Waals surface area contributed by atoms with Gasteiger partial charge in [-0.25, -0.2) is 0 Å². The van der Waals surface area contributed by atoms with Crippen molar-refractivity contribution in [2.75, 3.05) is 5.32 Å². The number of rotatable bonds is 4. The molecule has 0 amide bonds. The summed E-state index contributed by atoms with van der Waals surface area (Å²) in [6, 6.07) is 8.33. The van der Waals surface area contributed by atoms with E-state index in [1.54, 1.807) is 0 Å². The molecular formula is C13H17NO2. The largest absolute Gasteiger partial charge is 0.481 e. The summed E-state index contributed by atoms with van der Waals surface area (Å²) in [4.78, 5) is 10.7. The molecule has 0 aliphatic heterocycles. The van der Waals surface area contributed by atoms with E-state index in [4.69, 9.17) is 5.11 Å². The summed E-state index contributed by atoms with van der Waals surface area (Å²) in [6.07, 6.45) is 0.737. The molecule has 0 radical (unpaired) electrons. The smallest absolute Gasteiger partial charge is 0.308 e.